The monoisotopic (exact) mass is 290 g/mol. The van der Waals surface area contributed by atoms with Crippen LogP contribution in [0.15, 0.2) is 36.5 Å². The van der Waals surface area contributed by atoms with Crippen molar-refractivity contribution >= 4 is 11.6 Å². The molecule has 0 amide bonds. The van der Waals surface area contributed by atoms with Gasteiger partial charge in [0.05, 0.1) is 0 Å². The summed E-state index contributed by atoms with van der Waals surface area (Å²) in [5.41, 5.74) is 2.18. The van der Waals surface area contributed by atoms with Crippen LogP contribution in [0, 0.1) is 6.92 Å². The van der Waals surface area contributed by atoms with Crippen LogP contribution in [0.1, 0.15) is 24.5 Å². The number of rotatable bonds is 6. The molecule has 0 aliphatic carbocycles. The lowest BCUT2D eigenvalue weighted by molar-refractivity contribution is 0.458. The molecule has 3 nitrogen and oxygen atoms in total. The summed E-state index contributed by atoms with van der Waals surface area (Å²) in [4.78, 5) is 4.38. The zero-order valence-corrected chi connectivity index (χ0v) is 12.6. The van der Waals surface area contributed by atoms with Gasteiger partial charge >= 0.3 is 0 Å². The van der Waals surface area contributed by atoms with Crippen LogP contribution in [0.5, 0.6) is 11.6 Å². The first-order chi connectivity index (χ1) is 9.69. The third-order valence-electron chi connectivity index (χ3n) is 2.85. The highest BCUT2D eigenvalue weighted by molar-refractivity contribution is 6.30. The second-order valence-electron chi connectivity index (χ2n) is 4.70. The zero-order valence-electron chi connectivity index (χ0n) is 11.8. The van der Waals surface area contributed by atoms with Crippen LogP contribution in [0.2, 0.25) is 5.02 Å². The van der Waals surface area contributed by atoms with Crippen molar-refractivity contribution in [2.45, 2.75) is 26.8 Å². The van der Waals surface area contributed by atoms with Crippen molar-refractivity contribution in [2.75, 3.05) is 6.54 Å². The number of ether oxygens (including phenoxy) is 1. The van der Waals surface area contributed by atoms with Gasteiger partial charge in [-0.25, -0.2) is 4.98 Å². The van der Waals surface area contributed by atoms with Gasteiger partial charge in [-0.3, -0.25) is 0 Å². The molecule has 0 atom stereocenters. The van der Waals surface area contributed by atoms with E-state index in [9.17, 15) is 0 Å². The van der Waals surface area contributed by atoms with Crippen molar-refractivity contribution in [3.05, 3.63) is 52.7 Å². The maximum absolute atomic E-state index is 5.94. The summed E-state index contributed by atoms with van der Waals surface area (Å²) in [7, 11) is 0. The van der Waals surface area contributed by atoms with E-state index in [-0.39, 0.29) is 0 Å². The van der Waals surface area contributed by atoms with Gasteiger partial charge in [0.15, 0.2) is 0 Å². The molecule has 1 aromatic heterocycles. The third kappa shape index (κ3) is 4.22. The molecule has 0 bridgehead atoms. The highest BCUT2D eigenvalue weighted by Crippen LogP contribution is 2.25. The van der Waals surface area contributed by atoms with E-state index in [4.69, 9.17) is 16.3 Å². The van der Waals surface area contributed by atoms with Crippen LogP contribution >= 0.6 is 11.6 Å². The second-order valence-corrected chi connectivity index (χ2v) is 5.14. The fourth-order valence-corrected chi connectivity index (χ4v) is 2.06. The Morgan fingerprint density at radius 2 is 2.15 bits per heavy atom. The van der Waals surface area contributed by atoms with E-state index in [1.807, 2.05) is 31.3 Å². The lowest BCUT2D eigenvalue weighted by Gasteiger charge is -2.10. The van der Waals surface area contributed by atoms with Gasteiger partial charge in [0, 0.05) is 23.3 Å². The van der Waals surface area contributed by atoms with Crippen molar-refractivity contribution in [3.63, 3.8) is 0 Å². The molecule has 1 aromatic carbocycles. The Bertz CT molecular complexity index is 572. The molecule has 0 unspecified atom stereocenters. The average molecular weight is 291 g/mol. The van der Waals surface area contributed by atoms with E-state index in [0.29, 0.717) is 16.7 Å². The number of nitrogens with one attached hydrogen (secondary N) is 1. The molecule has 1 heterocycles. The molecular formula is C16H19ClN2O. The minimum atomic E-state index is 0.617. The van der Waals surface area contributed by atoms with Crippen LogP contribution in [0.4, 0.5) is 0 Å². The normalized spacial score (nSPS) is 10.6. The van der Waals surface area contributed by atoms with Gasteiger partial charge < -0.3 is 10.1 Å². The predicted octanol–water partition coefficient (Wildman–Crippen LogP) is 4.34. The Labute approximate surface area is 124 Å². The van der Waals surface area contributed by atoms with E-state index in [2.05, 4.69) is 23.3 Å². The van der Waals surface area contributed by atoms with Crippen LogP contribution in [0.25, 0.3) is 0 Å². The van der Waals surface area contributed by atoms with Gasteiger partial charge in [0.1, 0.15) is 5.75 Å². The van der Waals surface area contributed by atoms with Gasteiger partial charge in [-0.2, -0.15) is 0 Å². The summed E-state index contributed by atoms with van der Waals surface area (Å²) in [6, 6.07) is 9.41. The predicted molar refractivity (Wildman–Crippen MR) is 82.5 cm³/mol. The lowest BCUT2D eigenvalue weighted by atomic mass is 10.2. The number of aromatic nitrogens is 1. The summed E-state index contributed by atoms with van der Waals surface area (Å²) in [5.74, 6) is 1.32. The smallest absolute Gasteiger partial charge is 0.222 e. The minimum Gasteiger partial charge on any atom is -0.439 e. The van der Waals surface area contributed by atoms with Gasteiger partial charge in [-0.05, 0) is 49.7 Å². The molecule has 4 heteroatoms. The molecule has 0 saturated carbocycles. The standard InChI is InChI=1S/C16H19ClN2O/c1-3-7-18-10-13-8-12(2)16(19-11-13)20-15-6-4-5-14(17)9-15/h4-6,8-9,11,18H,3,7,10H2,1-2H3. The van der Waals surface area contributed by atoms with Crippen molar-refractivity contribution in [3.8, 4) is 11.6 Å². The Morgan fingerprint density at radius 1 is 1.30 bits per heavy atom. The highest BCUT2D eigenvalue weighted by Gasteiger charge is 2.05. The first-order valence-corrected chi connectivity index (χ1v) is 7.16. The van der Waals surface area contributed by atoms with Crippen LogP contribution in [0.3, 0.4) is 0 Å². The van der Waals surface area contributed by atoms with Crippen molar-refractivity contribution in [2.24, 2.45) is 0 Å². The molecule has 0 fully saturated rings. The number of hydrogen-bond acceptors (Lipinski definition) is 3. The van der Waals surface area contributed by atoms with Crippen molar-refractivity contribution in [1.29, 1.82) is 0 Å². The van der Waals surface area contributed by atoms with E-state index in [0.717, 1.165) is 30.6 Å². The van der Waals surface area contributed by atoms with Gasteiger partial charge in [0.2, 0.25) is 5.88 Å². The summed E-state index contributed by atoms with van der Waals surface area (Å²) >= 11 is 5.94. The number of pyridine rings is 1. The maximum atomic E-state index is 5.94. The number of nitrogens with zero attached hydrogens (tertiary/aromatic N) is 1. The summed E-state index contributed by atoms with van der Waals surface area (Å²) in [6.45, 7) is 5.99. The molecule has 106 valence electrons. The Morgan fingerprint density at radius 3 is 2.85 bits per heavy atom. The number of halogens is 1. The molecule has 2 rings (SSSR count). The quantitative estimate of drug-likeness (QED) is 0.804. The van der Waals surface area contributed by atoms with Crippen LogP contribution < -0.4 is 10.1 Å². The SMILES string of the molecule is CCCNCc1cnc(Oc2cccc(Cl)c2)c(C)c1. The van der Waals surface area contributed by atoms with Crippen molar-refractivity contribution < 1.29 is 4.74 Å². The summed E-state index contributed by atoms with van der Waals surface area (Å²) in [5, 5.41) is 4.01. The Balaban J connectivity index is 2.06. The molecule has 2 aromatic rings. The van der Waals surface area contributed by atoms with Gasteiger partial charge in [0.25, 0.3) is 0 Å². The fourth-order valence-electron chi connectivity index (χ4n) is 1.88. The van der Waals surface area contributed by atoms with Crippen LogP contribution in [-0.2, 0) is 6.54 Å². The lowest BCUT2D eigenvalue weighted by Crippen LogP contribution is -2.14. The molecule has 20 heavy (non-hydrogen) atoms. The van der Waals surface area contributed by atoms with E-state index in [1.165, 1.54) is 0 Å². The highest BCUT2D eigenvalue weighted by atomic mass is 35.5. The minimum absolute atomic E-state index is 0.617. The van der Waals surface area contributed by atoms with Crippen molar-refractivity contribution in [1.82, 2.24) is 10.3 Å². The molecule has 0 aliphatic heterocycles. The largest absolute Gasteiger partial charge is 0.439 e. The first-order valence-electron chi connectivity index (χ1n) is 6.78. The van der Waals surface area contributed by atoms with Crippen LogP contribution in [-0.4, -0.2) is 11.5 Å². The Kier molecular flexibility index (Phi) is 5.39. The molecule has 0 spiro atoms. The fraction of sp³-hybridized carbons (Fsp3) is 0.312. The number of aryl methyl sites for hydroxylation is 1. The molecular weight excluding hydrogens is 272 g/mol. The average Bonchev–Trinajstić information content (AvgIpc) is 2.42. The molecule has 1 N–H and O–H groups in total. The Hall–Kier alpha value is -1.58. The van der Waals surface area contributed by atoms with E-state index in [1.54, 1.807) is 6.07 Å². The third-order valence-corrected chi connectivity index (χ3v) is 3.09. The summed E-state index contributed by atoms with van der Waals surface area (Å²) < 4.78 is 5.75. The topological polar surface area (TPSA) is 34.2 Å². The number of hydrogen-bond donors (Lipinski definition) is 1. The van der Waals surface area contributed by atoms with E-state index < -0.39 is 0 Å². The van der Waals surface area contributed by atoms with Gasteiger partial charge in [-0.1, -0.05) is 24.6 Å². The first kappa shape index (κ1) is 14.8. The maximum Gasteiger partial charge on any atom is 0.222 e. The van der Waals surface area contributed by atoms with Gasteiger partial charge in [-0.15, -0.1) is 0 Å². The molecule has 0 aliphatic rings. The number of benzene rings is 1. The zero-order chi connectivity index (χ0) is 14.4. The molecule has 0 radical (unpaired) electrons. The van der Waals surface area contributed by atoms with E-state index >= 15 is 0 Å². The summed E-state index contributed by atoms with van der Waals surface area (Å²) in [6.07, 6.45) is 2.97. The molecule has 0 saturated heterocycles. The second kappa shape index (κ2) is 7.27.